The number of esters is 2. The predicted octanol–water partition coefficient (Wildman–Crippen LogP) is 0.729. The van der Waals surface area contributed by atoms with Crippen molar-refractivity contribution in [1.29, 1.82) is 0 Å². The van der Waals surface area contributed by atoms with E-state index in [0.29, 0.717) is 45.8 Å². The number of nitrogens with two attached hydrogens (primary N) is 1. The van der Waals surface area contributed by atoms with Gasteiger partial charge in [-0.25, -0.2) is 33.5 Å². The third-order valence-electron chi connectivity index (χ3n) is 18.7. The summed E-state index contributed by atoms with van der Waals surface area (Å²) in [7, 11) is -4.48. The van der Waals surface area contributed by atoms with Crippen molar-refractivity contribution in [2.45, 2.75) is 141 Å². The number of primary amides is 1. The minimum absolute atomic E-state index is 0.00297. The first kappa shape index (κ1) is 84.3. The van der Waals surface area contributed by atoms with E-state index in [0.717, 1.165) is 40.6 Å². The minimum Gasteiger partial charge on any atom is -0.464 e. The van der Waals surface area contributed by atoms with Crippen LogP contribution in [-0.2, 0) is 133 Å². The number of pyridine rings is 2. The molecule has 0 saturated carbocycles. The molecule has 6 heterocycles. The SMILES string of the molecule is CC[C@@]1(OC(=O)OCc2ccc(NC(=O)[C@H](CCCNC(N)=O)NC(=O)[C@@H](NC(=O)/C(CC(=O)N[C@H]3CCOC3=O)=N/C(=O)CCOCCOCCOCCOCCNC(=O)[C@H](CNC(=O)CCP(=O)(O)O)N3C(=O)C=CC3=O)C(C)C)cc2)C(=O)OCc2c1cc1n(c2=O)Cc2c-1nc1cc(F)c(C)c3c1c2CCC3. The number of cyclic esters (lactones) is 2. The lowest BCUT2D eigenvalue weighted by Gasteiger charge is -2.35. The zero-order valence-corrected chi connectivity index (χ0v) is 62.3. The number of imide groups is 1. The van der Waals surface area contributed by atoms with Crippen molar-refractivity contribution in [1.82, 2.24) is 46.4 Å². The second kappa shape index (κ2) is 38.7. The molecule has 39 heteroatoms. The number of aliphatic imine (C=N–C) groups is 1. The Hall–Kier alpha value is -10.8. The monoisotopic (exact) mass is 1570 g/mol. The van der Waals surface area contributed by atoms with Gasteiger partial charge in [0.15, 0.2) is 0 Å². The number of aryl methyl sites for hydroxylation is 2. The average Bonchev–Trinajstić information content (AvgIpc) is 1.62. The van der Waals surface area contributed by atoms with E-state index in [9.17, 15) is 71.7 Å². The maximum atomic E-state index is 15.2. The van der Waals surface area contributed by atoms with Crippen molar-refractivity contribution in [3.63, 3.8) is 0 Å². The number of aromatic nitrogens is 2. The Morgan fingerprint density at radius 3 is 2.12 bits per heavy atom. The zero-order chi connectivity index (χ0) is 80.3. The molecule has 1 saturated heterocycles. The number of nitrogens with zero attached hydrogens (tertiary/aromatic N) is 4. The van der Waals surface area contributed by atoms with E-state index in [-0.39, 0.29) is 135 Å². The molecule has 5 aliphatic rings. The van der Waals surface area contributed by atoms with Crippen molar-refractivity contribution in [2.75, 3.05) is 90.6 Å². The highest BCUT2D eigenvalue weighted by molar-refractivity contribution is 7.51. The number of halogens is 1. The Kier molecular flexibility index (Phi) is 29.4. The van der Waals surface area contributed by atoms with Gasteiger partial charge in [0.25, 0.3) is 23.3 Å². The van der Waals surface area contributed by atoms with Crippen LogP contribution in [0.25, 0.3) is 22.3 Å². The van der Waals surface area contributed by atoms with Gasteiger partial charge in [-0.05, 0) is 91.8 Å². The molecule has 111 heavy (non-hydrogen) atoms. The summed E-state index contributed by atoms with van der Waals surface area (Å²) in [5.74, 6) is -10.5. The molecule has 2 aromatic heterocycles. The van der Waals surface area contributed by atoms with Gasteiger partial charge >= 0.3 is 31.7 Å². The lowest BCUT2D eigenvalue weighted by Crippen LogP contribution is -2.55. The Labute approximate surface area is 633 Å². The molecular formula is C72H88FN12O25P. The first-order valence-corrected chi connectivity index (χ1v) is 37.8. The topological polar surface area (TPSA) is 514 Å². The summed E-state index contributed by atoms with van der Waals surface area (Å²) in [6, 6.07) is 2.79. The van der Waals surface area contributed by atoms with Crippen LogP contribution in [-0.4, -0.2) is 217 Å². The first-order chi connectivity index (χ1) is 53.0. The van der Waals surface area contributed by atoms with Gasteiger partial charge < -0.3 is 95.2 Å². The van der Waals surface area contributed by atoms with Crippen LogP contribution in [0.2, 0.25) is 0 Å². The van der Waals surface area contributed by atoms with Gasteiger partial charge in [-0.15, -0.1) is 0 Å². The van der Waals surface area contributed by atoms with Crippen LogP contribution in [0, 0.1) is 18.7 Å². The molecule has 598 valence electrons. The quantitative estimate of drug-likeness (QED) is 0.00645. The maximum Gasteiger partial charge on any atom is 0.510 e. The highest BCUT2D eigenvalue weighted by Gasteiger charge is 2.51. The number of amides is 11. The van der Waals surface area contributed by atoms with Gasteiger partial charge in [0.1, 0.15) is 48.9 Å². The van der Waals surface area contributed by atoms with E-state index in [4.69, 9.17) is 58.4 Å². The molecule has 11 amide bonds. The van der Waals surface area contributed by atoms with Crippen LogP contribution >= 0.6 is 7.60 Å². The Bertz CT molecular complexity index is 4430. The molecule has 1 fully saturated rings. The fourth-order valence-electron chi connectivity index (χ4n) is 13.0. The van der Waals surface area contributed by atoms with Crippen molar-refractivity contribution >= 4 is 107 Å². The van der Waals surface area contributed by atoms with Gasteiger partial charge in [-0.2, -0.15) is 0 Å². The molecule has 0 bridgehead atoms. The van der Waals surface area contributed by atoms with Crippen LogP contribution in [0.3, 0.4) is 0 Å². The summed E-state index contributed by atoms with van der Waals surface area (Å²) in [6.07, 6.45) is 0.250. The van der Waals surface area contributed by atoms with Gasteiger partial charge in [0, 0.05) is 72.9 Å². The molecular weight excluding hydrogens is 1480 g/mol. The standard InChI is InChI=1S/C72H88FN12O25P/c1-5-72(47-32-53-62-45(36-84(53)67(95)46(47)38-108-69(72)97)44-9-6-8-43-40(4)48(73)33-51(81-62)60(43)44)110-71(99)109-37-41-11-13-42(14-12-41)78-63(91)49(10-7-20-76-70(74)98)82-66(94)61(39(2)3)83-64(92)52(34-57(88)79-50-17-23-107-68(50)96)80-56(87)18-22-103-25-27-105-29-30-106-28-26-104-24-21-75-65(93)54(85-58(89)15-16-59(85)90)35-77-55(86)19-31-111(100,101)102/h11-16,32-33,39,49-50,54,61H,5-10,17-31,34-38H2,1-4H3,(H,75,93)(H,77,86)(H,78,91)(H,79,88)(H,82,94)(H,83,92)(H3,74,76,98)(H2,100,101,102)/b80-52+/t49-,50-,54-,61-,72-/m0/s1. The number of carbonyl (C=O) groups is 13. The summed E-state index contributed by atoms with van der Waals surface area (Å²) in [6.45, 7) is 5.59. The summed E-state index contributed by atoms with van der Waals surface area (Å²) in [4.78, 5) is 212. The van der Waals surface area contributed by atoms with Crippen molar-refractivity contribution in [3.8, 4) is 11.4 Å². The maximum absolute atomic E-state index is 15.2. The smallest absolute Gasteiger partial charge is 0.464 e. The Balaban J connectivity index is 0.734. The number of benzene rings is 2. The fourth-order valence-corrected chi connectivity index (χ4v) is 13.5. The molecule has 11 N–H and O–H groups in total. The molecule has 5 atom stereocenters. The number of nitrogens with one attached hydrogen (secondary N) is 7. The highest BCUT2D eigenvalue weighted by atomic mass is 31.2. The van der Waals surface area contributed by atoms with Gasteiger partial charge in [0.2, 0.25) is 41.0 Å². The summed E-state index contributed by atoms with van der Waals surface area (Å²) in [5, 5.41) is 18.4. The van der Waals surface area contributed by atoms with Crippen molar-refractivity contribution in [2.24, 2.45) is 16.6 Å². The van der Waals surface area contributed by atoms with Crippen molar-refractivity contribution in [3.05, 3.63) is 104 Å². The number of fused-ring (bicyclic) bond motifs is 5. The third kappa shape index (κ3) is 22.1. The lowest BCUT2D eigenvalue weighted by atomic mass is 9.84. The van der Waals surface area contributed by atoms with Gasteiger partial charge in [-0.3, -0.25) is 57.4 Å². The Morgan fingerprint density at radius 2 is 1.47 bits per heavy atom. The fraction of sp³-hybridized carbons (Fsp3) is 0.500. The largest absolute Gasteiger partial charge is 0.510 e. The number of hydrogen-bond acceptors (Lipinski definition) is 24. The van der Waals surface area contributed by atoms with Gasteiger partial charge in [0.05, 0.1) is 107 Å². The second-order valence-corrected chi connectivity index (χ2v) is 28.5. The summed E-state index contributed by atoms with van der Waals surface area (Å²) in [5.41, 5.74) is 7.38. The molecule has 0 spiro atoms. The normalized spacial score (nSPS) is 17.0. The van der Waals surface area contributed by atoms with Crippen LogP contribution in [0.5, 0.6) is 0 Å². The zero-order valence-electron chi connectivity index (χ0n) is 61.4. The van der Waals surface area contributed by atoms with E-state index in [1.165, 1.54) is 34.9 Å². The van der Waals surface area contributed by atoms with Crippen LogP contribution in [0.15, 0.2) is 58.3 Å². The summed E-state index contributed by atoms with van der Waals surface area (Å²) < 4.78 is 71.6. The molecule has 2 aromatic carbocycles. The number of carbonyl (C=O) groups excluding carboxylic acids is 13. The molecule has 4 aliphatic heterocycles. The third-order valence-corrected chi connectivity index (χ3v) is 19.5. The molecule has 0 radical (unpaired) electrons. The average molecular weight is 1570 g/mol. The van der Waals surface area contributed by atoms with E-state index in [2.05, 4.69) is 42.2 Å². The number of urea groups is 1. The second-order valence-electron chi connectivity index (χ2n) is 26.7. The van der Waals surface area contributed by atoms with E-state index >= 15 is 4.39 Å². The first-order valence-electron chi connectivity index (χ1n) is 36.0. The molecule has 37 nitrogen and oxygen atoms in total. The van der Waals surface area contributed by atoms with Crippen LogP contribution < -0.4 is 48.5 Å². The predicted molar refractivity (Wildman–Crippen MR) is 386 cm³/mol. The van der Waals surface area contributed by atoms with Crippen molar-refractivity contribution < 1.29 is 119 Å². The molecule has 9 rings (SSSR count). The molecule has 1 aliphatic carbocycles. The van der Waals surface area contributed by atoms with Gasteiger partial charge in [-0.1, -0.05) is 32.9 Å². The van der Waals surface area contributed by atoms with E-state index < -0.39 is 170 Å². The number of ether oxygens (including phenoxy) is 8. The van der Waals surface area contributed by atoms with E-state index in [1.54, 1.807) is 33.8 Å². The number of hydrogen-bond donors (Lipinski definition) is 10. The number of anilines is 1. The van der Waals surface area contributed by atoms with E-state index in [1.807, 2.05) is 0 Å². The van der Waals surface area contributed by atoms with Crippen LogP contribution in [0.4, 0.5) is 19.7 Å². The Morgan fingerprint density at radius 1 is 0.793 bits per heavy atom. The highest BCUT2D eigenvalue weighted by Crippen LogP contribution is 2.45. The lowest BCUT2D eigenvalue weighted by molar-refractivity contribution is -0.175. The van der Waals surface area contributed by atoms with Crippen LogP contribution in [0.1, 0.15) is 111 Å². The summed E-state index contributed by atoms with van der Waals surface area (Å²) >= 11 is 0. The molecule has 0 unspecified atom stereocenters. The number of rotatable bonds is 40. The minimum atomic E-state index is -4.48. The molecule has 4 aromatic rings.